The number of benzene rings is 1. The number of aliphatic hydroxyl groups is 1. The summed E-state index contributed by atoms with van der Waals surface area (Å²) in [5.74, 6) is 0.509. The van der Waals surface area contributed by atoms with Gasteiger partial charge in [-0.1, -0.05) is 65.0 Å². The molecule has 166 valence electrons. The van der Waals surface area contributed by atoms with Crippen LogP contribution in [-0.2, 0) is 10.2 Å². The maximum Gasteiger partial charge on any atom is 0.325 e. The first-order valence-corrected chi connectivity index (χ1v) is 11.2. The third kappa shape index (κ3) is 4.97. The molecular weight excluding hydrogens is 380 g/mol. The minimum Gasteiger partial charge on any atom is -0.491 e. The van der Waals surface area contributed by atoms with Crippen molar-refractivity contribution >= 4 is 11.9 Å². The molecule has 1 saturated heterocycles. The van der Waals surface area contributed by atoms with E-state index in [1.165, 1.54) is 16.9 Å². The Morgan fingerprint density at radius 2 is 1.77 bits per heavy atom. The van der Waals surface area contributed by atoms with Crippen LogP contribution in [0.15, 0.2) is 18.2 Å². The summed E-state index contributed by atoms with van der Waals surface area (Å²) >= 11 is 0. The summed E-state index contributed by atoms with van der Waals surface area (Å²) in [6.45, 7) is 8.44. The highest BCUT2D eigenvalue weighted by Crippen LogP contribution is 2.32. The van der Waals surface area contributed by atoms with E-state index in [1.807, 2.05) is 19.1 Å². The van der Waals surface area contributed by atoms with E-state index in [2.05, 4.69) is 32.2 Å². The molecule has 0 bridgehead atoms. The summed E-state index contributed by atoms with van der Waals surface area (Å²) in [6.07, 6.45) is 5.67. The van der Waals surface area contributed by atoms with Crippen LogP contribution in [-0.4, -0.2) is 46.7 Å². The normalized spacial score (nSPS) is 20.6. The topological polar surface area (TPSA) is 78.9 Å². The minimum atomic E-state index is -0.940. The maximum atomic E-state index is 13.0. The van der Waals surface area contributed by atoms with Crippen molar-refractivity contribution in [3.8, 4) is 5.75 Å². The Bertz CT molecular complexity index is 776. The first kappa shape index (κ1) is 22.6. The first-order chi connectivity index (χ1) is 14.1. The van der Waals surface area contributed by atoms with Gasteiger partial charge in [0.2, 0.25) is 0 Å². The van der Waals surface area contributed by atoms with Crippen LogP contribution < -0.4 is 10.1 Å². The van der Waals surface area contributed by atoms with E-state index in [0.717, 1.165) is 31.2 Å². The number of nitrogens with zero attached hydrogens (tertiary/aromatic N) is 1. The maximum absolute atomic E-state index is 13.0. The molecule has 1 aliphatic carbocycles. The van der Waals surface area contributed by atoms with Crippen molar-refractivity contribution < 1.29 is 19.4 Å². The Balaban J connectivity index is 1.59. The number of rotatable bonds is 5. The van der Waals surface area contributed by atoms with Crippen molar-refractivity contribution in [3.05, 3.63) is 29.3 Å². The van der Waals surface area contributed by atoms with Gasteiger partial charge in [0, 0.05) is 0 Å². The lowest BCUT2D eigenvalue weighted by atomic mass is 9.84. The Labute approximate surface area is 180 Å². The van der Waals surface area contributed by atoms with Crippen molar-refractivity contribution in [1.29, 1.82) is 0 Å². The quantitative estimate of drug-likeness (QED) is 0.710. The van der Waals surface area contributed by atoms with Crippen LogP contribution in [0, 0.1) is 6.92 Å². The molecule has 1 spiro atoms. The number of β-amino-alcohol motifs (C(OH)–C–C–N with tert-alkyl or cyclic N) is 1. The number of aryl methyl sites for hydroxylation is 1. The van der Waals surface area contributed by atoms with Crippen molar-refractivity contribution in [2.75, 3.05) is 13.2 Å². The number of hydrogen-bond donors (Lipinski definition) is 2. The lowest BCUT2D eigenvalue weighted by molar-refractivity contribution is -0.133. The van der Waals surface area contributed by atoms with Crippen LogP contribution in [0.3, 0.4) is 0 Å². The zero-order valence-electron chi connectivity index (χ0n) is 18.8. The Hall–Kier alpha value is -2.08. The number of hydrogen-bond acceptors (Lipinski definition) is 4. The number of carbonyl (C=O) groups is 2. The van der Waals surface area contributed by atoms with E-state index < -0.39 is 17.7 Å². The number of urea groups is 1. The van der Waals surface area contributed by atoms with Gasteiger partial charge in [0.05, 0.1) is 6.54 Å². The van der Waals surface area contributed by atoms with Crippen molar-refractivity contribution in [2.45, 2.75) is 89.7 Å². The second-order valence-corrected chi connectivity index (χ2v) is 9.89. The van der Waals surface area contributed by atoms with Crippen molar-refractivity contribution in [2.24, 2.45) is 0 Å². The summed E-state index contributed by atoms with van der Waals surface area (Å²) in [5.41, 5.74) is 1.49. The van der Waals surface area contributed by atoms with E-state index in [9.17, 15) is 14.7 Å². The van der Waals surface area contributed by atoms with Gasteiger partial charge in [-0.3, -0.25) is 9.69 Å². The molecule has 1 aromatic rings. The third-order valence-electron chi connectivity index (χ3n) is 6.32. The average Bonchev–Trinajstić information content (AvgIpc) is 2.88. The van der Waals surface area contributed by atoms with Gasteiger partial charge in [-0.15, -0.1) is 0 Å². The highest BCUT2D eigenvalue weighted by atomic mass is 16.5. The lowest BCUT2D eigenvalue weighted by Gasteiger charge is -2.28. The number of amides is 3. The van der Waals surface area contributed by atoms with Crippen LogP contribution in [0.25, 0.3) is 0 Å². The third-order valence-corrected chi connectivity index (χ3v) is 6.32. The van der Waals surface area contributed by atoms with Gasteiger partial charge < -0.3 is 15.2 Å². The fraction of sp³-hybridized carbons (Fsp3) is 0.667. The molecule has 3 amide bonds. The number of carbonyl (C=O) groups excluding carboxylic acids is 2. The molecular formula is C24H36N2O4. The van der Waals surface area contributed by atoms with Crippen molar-refractivity contribution in [3.63, 3.8) is 0 Å². The van der Waals surface area contributed by atoms with Crippen LogP contribution in [0.2, 0.25) is 0 Å². The van der Waals surface area contributed by atoms with Crippen molar-refractivity contribution in [1.82, 2.24) is 10.2 Å². The van der Waals surface area contributed by atoms with E-state index in [0.29, 0.717) is 18.6 Å². The molecule has 2 N–H and O–H groups in total. The summed E-state index contributed by atoms with van der Waals surface area (Å²) < 4.78 is 5.80. The van der Waals surface area contributed by atoms with E-state index in [-0.39, 0.29) is 24.5 Å². The SMILES string of the molecule is Cc1cc(C(C)(C)C)ccc1OCC(O)CN1C(=O)NC2(CCCCCCC2)C1=O. The summed E-state index contributed by atoms with van der Waals surface area (Å²) in [5, 5.41) is 13.4. The van der Waals surface area contributed by atoms with Gasteiger partial charge in [0.1, 0.15) is 24.0 Å². The number of imide groups is 1. The highest BCUT2D eigenvalue weighted by Gasteiger charge is 2.50. The first-order valence-electron chi connectivity index (χ1n) is 11.2. The second kappa shape index (κ2) is 8.96. The summed E-state index contributed by atoms with van der Waals surface area (Å²) in [7, 11) is 0. The molecule has 3 rings (SSSR count). The van der Waals surface area contributed by atoms with Gasteiger partial charge >= 0.3 is 6.03 Å². The monoisotopic (exact) mass is 416 g/mol. The molecule has 0 aromatic heterocycles. The number of nitrogens with one attached hydrogen (secondary N) is 1. The Morgan fingerprint density at radius 3 is 2.37 bits per heavy atom. The Morgan fingerprint density at radius 1 is 1.13 bits per heavy atom. The standard InChI is InChI=1S/C24H36N2O4/c1-17-14-18(23(2,3)4)10-11-20(17)30-16-19(27)15-26-21(28)24(25-22(26)29)12-8-6-5-7-9-13-24/h10-11,14,19,27H,5-9,12-13,15-16H2,1-4H3,(H,25,29). The largest absolute Gasteiger partial charge is 0.491 e. The van der Waals surface area contributed by atoms with Crippen LogP contribution >= 0.6 is 0 Å². The fourth-order valence-electron chi connectivity index (χ4n) is 4.42. The zero-order chi connectivity index (χ0) is 21.9. The molecule has 1 unspecified atom stereocenters. The molecule has 6 heteroatoms. The fourth-order valence-corrected chi connectivity index (χ4v) is 4.42. The lowest BCUT2D eigenvalue weighted by Crippen LogP contribution is -2.48. The van der Waals surface area contributed by atoms with Gasteiger partial charge in [-0.05, 0) is 42.4 Å². The molecule has 1 heterocycles. The molecule has 1 saturated carbocycles. The predicted octanol–water partition coefficient (Wildman–Crippen LogP) is 4.07. The second-order valence-electron chi connectivity index (χ2n) is 9.89. The van der Waals surface area contributed by atoms with E-state index in [4.69, 9.17) is 4.74 Å². The Kier molecular flexibility index (Phi) is 6.75. The molecule has 1 aliphatic heterocycles. The van der Waals surface area contributed by atoms with E-state index in [1.54, 1.807) is 0 Å². The molecule has 2 aliphatic rings. The predicted molar refractivity (Wildman–Crippen MR) is 117 cm³/mol. The molecule has 1 aromatic carbocycles. The van der Waals surface area contributed by atoms with Crippen LogP contribution in [0.5, 0.6) is 5.75 Å². The van der Waals surface area contributed by atoms with E-state index >= 15 is 0 Å². The summed E-state index contributed by atoms with van der Waals surface area (Å²) in [6, 6.07) is 5.65. The zero-order valence-corrected chi connectivity index (χ0v) is 18.8. The van der Waals surface area contributed by atoms with Gasteiger partial charge in [0.25, 0.3) is 5.91 Å². The average molecular weight is 417 g/mol. The molecule has 6 nitrogen and oxygen atoms in total. The smallest absolute Gasteiger partial charge is 0.325 e. The summed E-state index contributed by atoms with van der Waals surface area (Å²) in [4.78, 5) is 26.7. The number of aliphatic hydroxyl groups excluding tert-OH is 1. The number of ether oxygens (including phenoxy) is 1. The minimum absolute atomic E-state index is 0.0275. The van der Waals surface area contributed by atoms with Crippen LogP contribution in [0.1, 0.15) is 76.8 Å². The molecule has 30 heavy (non-hydrogen) atoms. The van der Waals surface area contributed by atoms with Crippen LogP contribution in [0.4, 0.5) is 4.79 Å². The molecule has 0 radical (unpaired) electrons. The molecule has 1 atom stereocenters. The van der Waals surface area contributed by atoms with Gasteiger partial charge in [-0.25, -0.2) is 4.79 Å². The molecule has 2 fully saturated rings. The van der Waals surface area contributed by atoms with Gasteiger partial charge in [0.15, 0.2) is 0 Å². The van der Waals surface area contributed by atoms with Gasteiger partial charge in [-0.2, -0.15) is 0 Å². The highest BCUT2D eigenvalue weighted by molar-refractivity contribution is 6.07.